The number of hydrogen-bond donors (Lipinski definition) is 1. The first kappa shape index (κ1) is 12.9. The molecule has 1 aromatic carbocycles. The van der Waals surface area contributed by atoms with E-state index in [0.29, 0.717) is 12.6 Å². The molecule has 4 heteroatoms. The third-order valence-electron chi connectivity index (χ3n) is 2.78. The van der Waals surface area contributed by atoms with Gasteiger partial charge in [0.2, 0.25) is 0 Å². The lowest BCUT2D eigenvalue weighted by Gasteiger charge is -2.11. The van der Waals surface area contributed by atoms with Crippen molar-refractivity contribution in [2.75, 3.05) is 13.2 Å². The molecule has 0 unspecified atom stereocenters. The van der Waals surface area contributed by atoms with Crippen LogP contribution in [0.2, 0.25) is 0 Å². The standard InChI is InChI=1S/C14H19NO3/c1-2-17-14(16)10-18-13-6-4-3-5-11(13)9-15-12-7-8-12/h3-6,12,15H,2,7-10H2,1H3. The summed E-state index contributed by atoms with van der Waals surface area (Å²) in [6, 6.07) is 8.42. The number of ether oxygens (including phenoxy) is 2. The van der Waals surface area contributed by atoms with Gasteiger partial charge in [0, 0.05) is 18.2 Å². The Balaban J connectivity index is 1.87. The van der Waals surface area contributed by atoms with Gasteiger partial charge >= 0.3 is 5.97 Å². The van der Waals surface area contributed by atoms with Crippen molar-refractivity contribution in [3.05, 3.63) is 29.8 Å². The average molecular weight is 249 g/mol. The molecule has 0 radical (unpaired) electrons. The van der Waals surface area contributed by atoms with Crippen LogP contribution in [0, 0.1) is 0 Å². The van der Waals surface area contributed by atoms with Crippen LogP contribution in [0.4, 0.5) is 0 Å². The highest BCUT2D eigenvalue weighted by molar-refractivity contribution is 5.71. The van der Waals surface area contributed by atoms with Crippen molar-refractivity contribution in [3.63, 3.8) is 0 Å². The highest BCUT2D eigenvalue weighted by Crippen LogP contribution is 2.22. The molecule has 1 saturated carbocycles. The predicted molar refractivity (Wildman–Crippen MR) is 68.4 cm³/mol. The Hall–Kier alpha value is -1.55. The number of carbonyl (C=O) groups excluding carboxylic acids is 1. The van der Waals surface area contributed by atoms with Gasteiger partial charge in [-0.2, -0.15) is 0 Å². The highest BCUT2D eigenvalue weighted by Gasteiger charge is 2.20. The normalized spacial score (nSPS) is 14.3. The molecule has 0 bridgehead atoms. The Morgan fingerprint density at radius 3 is 2.89 bits per heavy atom. The van der Waals surface area contributed by atoms with E-state index in [1.807, 2.05) is 24.3 Å². The van der Waals surface area contributed by atoms with Gasteiger partial charge in [0.25, 0.3) is 0 Å². The van der Waals surface area contributed by atoms with E-state index in [1.165, 1.54) is 12.8 Å². The molecule has 0 aromatic heterocycles. The first-order valence-electron chi connectivity index (χ1n) is 6.39. The fourth-order valence-electron chi connectivity index (χ4n) is 1.67. The lowest BCUT2D eigenvalue weighted by atomic mass is 10.2. The molecule has 0 saturated heterocycles. The molecule has 0 heterocycles. The quantitative estimate of drug-likeness (QED) is 0.750. The summed E-state index contributed by atoms with van der Waals surface area (Å²) in [5, 5.41) is 3.43. The van der Waals surface area contributed by atoms with Crippen LogP contribution in [0.5, 0.6) is 5.75 Å². The summed E-state index contributed by atoms with van der Waals surface area (Å²) >= 11 is 0. The van der Waals surface area contributed by atoms with Gasteiger partial charge in [0.1, 0.15) is 5.75 Å². The molecule has 2 rings (SSSR count). The molecule has 1 N–H and O–H groups in total. The largest absolute Gasteiger partial charge is 0.482 e. The van der Waals surface area contributed by atoms with E-state index in [2.05, 4.69) is 5.32 Å². The Morgan fingerprint density at radius 2 is 2.17 bits per heavy atom. The highest BCUT2D eigenvalue weighted by atomic mass is 16.6. The lowest BCUT2D eigenvalue weighted by Crippen LogP contribution is -2.18. The molecule has 1 aliphatic rings. The predicted octanol–water partition coefficient (Wildman–Crippen LogP) is 1.88. The van der Waals surface area contributed by atoms with E-state index < -0.39 is 0 Å². The second-order valence-electron chi connectivity index (χ2n) is 4.36. The molecule has 0 atom stereocenters. The molecule has 98 valence electrons. The minimum absolute atomic E-state index is 0.0335. The second kappa shape index (κ2) is 6.40. The number of carbonyl (C=O) groups is 1. The van der Waals surface area contributed by atoms with Crippen LogP contribution >= 0.6 is 0 Å². The number of benzene rings is 1. The third kappa shape index (κ3) is 4.04. The summed E-state index contributed by atoms with van der Waals surface area (Å²) in [6.45, 7) is 2.91. The smallest absolute Gasteiger partial charge is 0.344 e. The fraction of sp³-hybridized carbons (Fsp3) is 0.500. The average Bonchev–Trinajstić information content (AvgIpc) is 3.19. The molecule has 18 heavy (non-hydrogen) atoms. The van der Waals surface area contributed by atoms with Crippen molar-refractivity contribution < 1.29 is 14.3 Å². The summed E-state index contributed by atoms with van der Waals surface area (Å²) in [4.78, 5) is 11.2. The fourth-order valence-corrected chi connectivity index (χ4v) is 1.67. The van der Waals surface area contributed by atoms with Crippen molar-refractivity contribution >= 4 is 5.97 Å². The molecule has 4 nitrogen and oxygen atoms in total. The zero-order chi connectivity index (χ0) is 12.8. The van der Waals surface area contributed by atoms with Crippen molar-refractivity contribution in [3.8, 4) is 5.75 Å². The summed E-state index contributed by atoms with van der Waals surface area (Å²) in [5.41, 5.74) is 1.08. The van der Waals surface area contributed by atoms with Crippen LogP contribution in [0.25, 0.3) is 0 Å². The first-order valence-corrected chi connectivity index (χ1v) is 6.39. The number of hydrogen-bond acceptors (Lipinski definition) is 4. The minimum atomic E-state index is -0.331. The van der Waals surface area contributed by atoms with E-state index in [0.717, 1.165) is 17.9 Å². The van der Waals surface area contributed by atoms with Gasteiger partial charge in [0.15, 0.2) is 6.61 Å². The van der Waals surface area contributed by atoms with Crippen molar-refractivity contribution in [1.82, 2.24) is 5.32 Å². The number of nitrogens with one attached hydrogen (secondary N) is 1. The van der Waals surface area contributed by atoms with Gasteiger partial charge in [-0.1, -0.05) is 18.2 Å². The minimum Gasteiger partial charge on any atom is -0.482 e. The maximum absolute atomic E-state index is 11.2. The maximum atomic E-state index is 11.2. The molecule has 0 aliphatic heterocycles. The second-order valence-corrected chi connectivity index (χ2v) is 4.36. The van der Waals surface area contributed by atoms with E-state index in [1.54, 1.807) is 6.92 Å². The number of para-hydroxylation sites is 1. The van der Waals surface area contributed by atoms with Crippen LogP contribution in [-0.4, -0.2) is 25.2 Å². The Kier molecular flexibility index (Phi) is 4.59. The van der Waals surface area contributed by atoms with Crippen LogP contribution in [-0.2, 0) is 16.1 Å². The molecule has 0 spiro atoms. The number of esters is 1. The first-order chi connectivity index (χ1) is 8.79. The van der Waals surface area contributed by atoms with E-state index >= 15 is 0 Å². The van der Waals surface area contributed by atoms with Crippen LogP contribution < -0.4 is 10.1 Å². The topological polar surface area (TPSA) is 47.6 Å². The van der Waals surface area contributed by atoms with Gasteiger partial charge in [-0.05, 0) is 25.8 Å². The van der Waals surface area contributed by atoms with E-state index in [4.69, 9.17) is 9.47 Å². The Morgan fingerprint density at radius 1 is 1.39 bits per heavy atom. The molecule has 1 fully saturated rings. The van der Waals surface area contributed by atoms with Gasteiger partial charge in [-0.15, -0.1) is 0 Å². The SMILES string of the molecule is CCOC(=O)COc1ccccc1CNC1CC1. The Bertz CT molecular complexity index is 402. The molecule has 1 aliphatic carbocycles. The van der Waals surface area contributed by atoms with Gasteiger partial charge in [-0.3, -0.25) is 0 Å². The summed E-state index contributed by atoms with van der Waals surface area (Å²) in [6.07, 6.45) is 2.51. The lowest BCUT2D eigenvalue weighted by molar-refractivity contribution is -0.145. The third-order valence-corrected chi connectivity index (χ3v) is 2.78. The van der Waals surface area contributed by atoms with Crippen LogP contribution in [0.1, 0.15) is 25.3 Å². The summed E-state index contributed by atoms with van der Waals surface area (Å²) in [5.74, 6) is 0.418. The summed E-state index contributed by atoms with van der Waals surface area (Å²) < 4.78 is 10.3. The van der Waals surface area contributed by atoms with Gasteiger partial charge in [-0.25, -0.2) is 4.79 Å². The van der Waals surface area contributed by atoms with Crippen LogP contribution in [0.15, 0.2) is 24.3 Å². The summed E-state index contributed by atoms with van der Waals surface area (Å²) in [7, 11) is 0. The maximum Gasteiger partial charge on any atom is 0.344 e. The molecule has 0 amide bonds. The van der Waals surface area contributed by atoms with Crippen molar-refractivity contribution in [2.45, 2.75) is 32.4 Å². The molecular formula is C14H19NO3. The van der Waals surface area contributed by atoms with Crippen molar-refractivity contribution in [2.24, 2.45) is 0 Å². The van der Waals surface area contributed by atoms with E-state index in [-0.39, 0.29) is 12.6 Å². The van der Waals surface area contributed by atoms with Crippen molar-refractivity contribution in [1.29, 1.82) is 0 Å². The van der Waals surface area contributed by atoms with Gasteiger partial charge < -0.3 is 14.8 Å². The molecular weight excluding hydrogens is 230 g/mol. The zero-order valence-corrected chi connectivity index (χ0v) is 10.6. The monoisotopic (exact) mass is 249 g/mol. The number of rotatable bonds is 7. The van der Waals surface area contributed by atoms with Gasteiger partial charge in [0.05, 0.1) is 6.61 Å². The molecule has 1 aromatic rings. The van der Waals surface area contributed by atoms with E-state index in [9.17, 15) is 4.79 Å². The zero-order valence-electron chi connectivity index (χ0n) is 10.6. The van der Waals surface area contributed by atoms with Crippen LogP contribution in [0.3, 0.4) is 0 Å². The Labute approximate surface area is 107 Å².